The standard InChI is InChI=1S/C16H20FNO4S/c1-11(10-23-14-4-2-12(17)3-5-14)16(21)18-6-7-22-9-13(18)8-15(19)20/h2-5,11,13H,6-10H2,1H3,(H,19,20). The van der Waals surface area contributed by atoms with Gasteiger partial charge < -0.3 is 14.7 Å². The predicted octanol–water partition coefficient (Wildman–Crippen LogP) is 2.26. The van der Waals surface area contributed by atoms with Gasteiger partial charge in [-0.15, -0.1) is 11.8 Å². The van der Waals surface area contributed by atoms with Crippen molar-refractivity contribution in [1.29, 1.82) is 0 Å². The van der Waals surface area contributed by atoms with Crippen molar-refractivity contribution in [2.24, 2.45) is 5.92 Å². The Morgan fingerprint density at radius 2 is 2.13 bits per heavy atom. The Morgan fingerprint density at radius 1 is 1.43 bits per heavy atom. The van der Waals surface area contributed by atoms with E-state index in [0.29, 0.717) is 18.9 Å². The molecule has 5 nitrogen and oxygen atoms in total. The van der Waals surface area contributed by atoms with Gasteiger partial charge in [0.15, 0.2) is 0 Å². The van der Waals surface area contributed by atoms with Crippen LogP contribution >= 0.6 is 11.8 Å². The molecular formula is C16H20FNO4S. The van der Waals surface area contributed by atoms with Crippen molar-refractivity contribution in [3.63, 3.8) is 0 Å². The summed E-state index contributed by atoms with van der Waals surface area (Å²) < 4.78 is 18.2. The number of nitrogens with zero attached hydrogens (tertiary/aromatic N) is 1. The number of carboxylic acid groups (broad SMARTS) is 1. The van der Waals surface area contributed by atoms with Gasteiger partial charge in [0.05, 0.1) is 25.7 Å². The lowest BCUT2D eigenvalue weighted by Crippen LogP contribution is -2.51. The van der Waals surface area contributed by atoms with E-state index in [4.69, 9.17) is 9.84 Å². The first-order valence-corrected chi connectivity index (χ1v) is 8.44. The van der Waals surface area contributed by atoms with Crippen molar-refractivity contribution >= 4 is 23.6 Å². The zero-order valence-electron chi connectivity index (χ0n) is 12.9. The molecule has 1 aliphatic heterocycles. The van der Waals surface area contributed by atoms with Gasteiger partial charge in [-0.2, -0.15) is 0 Å². The van der Waals surface area contributed by atoms with Gasteiger partial charge in [-0.25, -0.2) is 4.39 Å². The molecule has 1 heterocycles. The second-order valence-corrected chi connectivity index (χ2v) is 6.62. The molecule has 0 saturated carbocycles. The number of morpholine rings is 1. The summed E-state index contributed by atoms with van der Waals surface area (Å²) in [6, 6.07) is 5.73. The Hall–Kier alpha value is -1.60. The van der Waals surface area contributed by atoms with E-state index >= 15 is 0 Å². The molecule has 1 aliphatic rings. The number of carbonyl (C=O) groups excluding carboxylic acids is 1. The minimum Gasteiger partial charge on any atom is -0.481 e. The molecular weight excluding hydrogens is 321 g/mol. The second-order valence-electron chi connectivity index (χ2n) is 5.52. The molecule has 126 valence electrons. The molecule has 23 heavy (non-hydrogen) atoms. The van der Waals surface area contributed by atoms with Crippen LogP contribution in [0.1, 0.15) is 13.3 Å². The second kappa shape index (κ2) is 8.31. The molecule has 2 atom stereocenters. The molecule has 2 rings (SSSR count). The molecule has 1 saturated heterocycles. The average molecular weight is 341 g/mol. The highest BCUT2D eigenvalue weighted by Gasteiger charge is 2.31. The maximum atomic E-state index is 12.9. The number of thioether (sulfide) groups is 1. The van der Waals surface area contributed by atoms with Crippen molar-refractivity contribution in [2.45, 2.75) is 24.3 Å². The fraction of sp³-hybridized carbons (Fsp3) is 0.500. The van der Waals surface area contributed by atoms with Gasteiger partial charge in [0, 0.05) is 23.1 Å². The number of benzene rings is 1. The predicted molar refractivity (Wildman–Crippen MR) is 84.9 cm³/mol. The molecule has 1 fully saturated rings. The van der Waals surface area contributed by atoms with Gasteiger partial charge in [-0.3, -0.25) is 9.59 Å². The van der Waals surface area contributed by atoms with E-state index in [-0.39, 0.29) is 30.7 Å². The van der Waals surface area contributed by atoms with Gasteiger partial charge in [0.2, 0.25) is 5.91 Å². The molecule has 0 bridgehead atoms. The third kappa shape index (κ3) is 5.21. The number of ether oxygens (including phenoxy) is 1. The lowest BCUT2D eigenvalue weighted by Gasteiger charge is -2.36. The van der Waals surface area contributed by atoms with Crippen molar-refractivity contribution < 1.29 is 23.8 Å². The molecule has 7 heteroatoms. The van der Waals surface area contributed by atoms with Crippen molar-refractivity contribution in [2.75, 3.05) is 25.5 Å². The van der Waals surface area contributed by atoms with E-state index < -0.39 is 12.0 Å². The van der Waals surface area contributed by atoms with E-state index in [9.17, 15) is 14.0 Å². The van der Waals surface area contributed by atoms with Crippen LogP contribution in [0.25, 0.3) is 0 Å². The van der Waals surface area contributed by atoms with E-state index in [1.807, 2.05) is 6.92 Å². The lowest BCUT2D eigenvalue weighted by atomic mass is 10.1. The molecule has 1 aromatic rings. The Morgan fingerprint density at radius 3 is 2.78 bits per heavy atom. The molecule has 0 spiro atoms. The summed E-state index contributed by atoms with van der Waals surface area (Å²) >= 11 is 1.48. The van der Waals surface area contributed by atoms with Crippen molar-refractivity contribution in [1.82, 2.24) is 4.90 Å². The Balaban J connectivity index is 1.91. The smallest absolute Gasteiger partial charge is 0.305 e. The summed E-state index contributed by atoms with van der Waals surface area (Å²) in [6.07, 6.45) is -0.108. The van der Waals surface area contributed by atoms with Gasteiger partial charge in [0.25, 0.3) is 0 Å². The maximum Gasteiger partial charge on any atom is 0.305 e. The molecule has 0 aromatic heterocycles. The summed E-state index contributed by atoms with van der Waals surface area (Å²) in [5, 5.41) is 8.95. The topological polar surface area (TPSA) is 66.8 Å². The van der Waals surface area contributed by atoms with E-state index in [2.05, 4.69) is 0 Å². The number of carboxylic acids is 1. The van der Waals surface area contributed by atoms with E-state index in [1.54, 1.807) is 17.0 Å². The molecule has 1 N–H and O–H groups in total. The quantitative estimate of drug-likeness (QED) is 0.804. The van der Waals surface area contributed by atoms with Crippen molar-refractivity contribution in [3.05, 3.63) is 30.1 Å². The Labute approximate surface area is 138 Å². The number of carbonyl (C=O) groups is 2. The van der Waals surface area contributed by atoms with Gasteiger partial charge in [0.1, 0.15) is 5.82 Å². The molecule has 0 radical (unpaired) electrons. The molecule has 1 aromatic carbocycles. The third-order valence-electron chi connectivity index (χ3n) is 3.66. The Kier molecular flexibility index (Phi) is 6.41. The average Bonchev–Trinajstić information content (AvgIpc) is 2.53. The first-order chi connectivity index (χ1) is 11.0. The van der Waals surface area contributed by atoms with Crippen LogP contribution in [0.2, 0.25) is 0 Å². The number of amides is 1. The Bertz CT molecular complexity index is 552. The maximum absolute atomic E-state index is 12.9. The zero-order chi connectivity index (χ0) is 16.8. The fourth-order valence-corrected chi connectivity index (χ4v) is 3.34. The van der Waals surface area contributed by atoms with Gasteiger partial charge >= 0.3 is 5.97 Å². The summed E-state index contributed by atoms with van der Waals surface area (Å²) in [5.74, 6) is -0.981. The van der Waals surface area contributed by atoms with E-state index in [1.165, 1.54) is 23.9 Å². The first kappa shape index (κ1) is 17.7. The first-order valence-electron chi connectivity index (χ1n) is 7.45. The number of hydrogen-bond donors (Lipinski definition) is 1. The fourth-order valence-electron chi connectivity index (χ4n) is 2.42. The summed E-state index contributed by atoms with van der Waals surface area (Å²) in [5.41, 5.74) is 0. The summed E-state index contributed by atoms with van der Waals surface area (Å²) in [7, 11) is 0. The minimum atomic E-state index is -0.938. The van der Waals surface area contributed by atoms with Crippen LogP contribution in [0.15, 0.2) is 29.2 Å². The molecule has 1 amide bonds. The zero-order valence-corrected chi connectivity index (χ0v) is 13.7. The van der Waals surface area contributed by atoms with Crippen LogP contribution in [0.4, 0.5) is 4.39 Å². The van der Waals surface area contributed by atoms with Gasteiger partial charge in [-0.05, 0) is 24.3 Å². The van der Waals surface area contributed by atoms with Crippen LogP contribution in [-0.4, -0.2) is 53.4 Å². The van der Waals surface area contributed by atoms with Crippen molar-refractivity contribution in [3.8, 4) is 0 Å². The van der Waals surface area contributed by atoms with Crippen LogP contribution in [0, 0.1) is 11.7 Å². The van der Waals surface area contributed by atoms with Crippen LogP contribution in [0.3, 0.4) is 0 Å². The largest absolute Gasteiger partial charge is 0.481 e. The SMILES string of the molecule is CC(CSc1ccc(F)cc1)C(=O)N1CCOCC1CC(=O)O. The monoisotopic (exact) mass is 341 g/mol. The number of rotatable bonds is 6. The lowest BCUT2D eigenvalue weighted by molar-refractivity contribution is -0.148. The van der Waals surface area contributed by atoms with E-state index in [0.717, 1.165) is 4.90 Å². The summed E-state index contributed by atoms with van der Waals surface area (Å²) in [4.78, 5) is 26.0. The minimum absolute atomic E-state index is 0.0610. The van der Waals surface area contributed by atoms with Crippen LogP contribution < -0.4 is 0 Å². The van der Waals surface area contributed by atoms with Crippen LogP contribution in [0.5, 0.6) is 0 Å². The molecule has 0 aliphatic carbocycles. The third-order valence-corrected chi connectivity index (χ3v) is 4.93. The number of aliphatic carboxylic acids is 1. The number of hydrogen-bond acceptors (Lipinski definition) is 4. The highest BCUT2D eigenvalue weighted by Crippen LogP contribution is 2.23. The highest BCUT2D eigenvalue weighted by atomic mass is 32.2. The highest BCUT2D eigenvalue weighted by molar-refractivity contribution is 7.99. The van der Waals surface area contributed by atoms with Gasteiger partial charge in [-0.1, -0.05) is 6.92 Å². The number of halogens is 1. The van der Waals surface area contributed by atoms with Crippen LogP contribution in [-0.2, 0) is 14.3 Å². The summed E-state index contributed by atoms with van der Waals surface area (Å²) in [6.45, 7) is 2.93. The molecule has 2 unspecified atom stereocenters. The normalized spacial score (nSPS) is 19.4.